The molecular weight excluding hydrogens is 404 g/mol. The average molecular weight is 419 g/mol. The molecule has 0 unspecified atom stereocenters. The lowest BCUT2D eigenvalue weighted by Crippen LogP contribution is -2.03. The monoisotopic (exact) mass is 419 g/mol. The number of ether oxygens (including phenoxy) is 1. The Hall–Kier alpha value is -2.72. The largest absolute Gasteiger partial charge is 0.497 e. The summed E-state index contributed by atoms with van der Waals surface area (Å²) in [4.78, 5) is 4.33. The van der Waals surface area contributed by atoms with Gasteiger partial charge in [0.2, 0.25) is 5.13 Å². The van der Waals surface area contributed by atoms with Crippen LogP contribution in [0.2, 0.25) is 0 Å². The number of alkyl halides is 2. The number of aromatic nitrogens is 4. The van der Waals surface area contributed by atoms with Crippen LogP contribution in [-0.2, 0) is 5.75 Å². The minimum atomic E-state index is -2.65. The minimum absolute atomic E-state index is 0.271. The van der Waals surface area contributed by atoms with Crippen molar-refractivity contribution in [3.63, 3.8) is 0 Å². The fourth-order valence-corrected chi connectivity index (χ4v) is 4.38. The van der Waals surface area contributed by atoms with Crippen molar-refractivity contribution in [3.05, 3.63) is 54.4 Å². The van der Waals surface area contributed by atoms with E-state index in [0.29, 0.717) is 26.3 Å². The van der Waals surface area contributed by atoms with Crippen LogP contribution in [0.25, 0.3) is 11.0 Å². The maximum atomic E-state index is 13.5. The molecule has 4 rings (SSSR count). The van der Waals surface area contributed by atoms with Crippen LogP contribution in [0.4, 0.5) is 19.6 Å². The second-order valence-corrected chi connectivity index (χ2v) is 7.88. The molecule has 0 fully saturated rings. The van der Waals surface area contributed by atoms with Gasteiger partial charge in [-0.3, -0.25) is 4.57 Å². The Kier molecular flexibility index (Phi) is 5.40. The fraction of sp³-hybridized carbons (Fsp3) is 0.167. The molecule has 0 aliphatic carbocycles. The van der Waals surface area contributed by atoms with E-state index in [1.807, 2.05) is 24.3 Å². The molecule has 10 heteroatoms. The quantitative estimate of drug-likeness (QED) is 0.409. The Morgan fingerprint density at radius 3 is 2.86 bits per heavy atom. The van der Waals surface area contributed by atoms with E-state index in [-0.39, 0.29) is 5.75 Å². The highest BCUT2D eigenvalue weighted by Gasteiger charge is 2.18. The van der Waals surface area contributed by atoms with Crippen LogP contribution in [0, 0.1) is 0 Å². The third kappa shape index (κ3) is 3.92. The molecule has 0 saturated heterocycles. The first-order valence-electron chi connectivity index (χ1n) is 8.25. The van der Waals surface area contributed by atoms with Crippen LogP contribution in [0.1, 0.15) is 12.4 Å². The van der Waals surface area contributed by atoms with Crippen LogP contribution in [0.5, 0.6) is 5.75 Å². The molecule has 0 bridgehead atoms. The number of fused-ring (bicyclic) bond motifs is 1. The van der Waals surface area contributed by atoms with Crippen LogP contribution in [-0.4, -0.2) is 26.9 Å². The molecule has 144 valence electrons. The first-order chi connectivity index (χ1) is 13.6. The molecule has 0 aliphatic heterocycles. The number of thioether (sulfide) groups is 1. The summed E-state index contributed by atoms with van der Waals surface area (Å²) in [5, 5.41) is 12.0. The number of hydrogen-bond donors (Lipinski definition) is 1. The van der Waals surface area contributed by atoms with E-state index in [9.17, 15) is 8.78 Å². The van der Waals surface area contributed by atoms with Gasteiger partial charge in [0, 0.05) is 11.8 Å². The highest BCUT2D eigenvalue weighted by molar-refractivity contribution is 8.00. The lowest BCUT2D eigenvalue weighted by Gasteiger charge is -2.06. The normalized spacial score (nSPS) is 11.3. The van der Waals surface area contributed by atoms with E-state index in [4.69, 9.17) is 4.74 Å². The van der Waals surface area contributed by atoms with Gasteiger partial charge in [0.25, 0.3) is 0 Å². The lowest BCUT2D eigenvalue weighted by atomic mass is 10.3. The molecule has 0 aliphatic rings. The van der Waals surface area contributed by atoms with E-state index in [1.165, 1.54) is 23.1 Å². The third-order valence-corrected chi connectivity index (χ3v) is 5.88. The van der Waals surface area contributed by atoms with Gasteiger partial charge in [-0.25, -0.2) is 4.98 Å². The molecule has 0 amide bonds. The van der Waals surface area contributed by atoms with Crippen molar-refractivity contribution in [1.29, 1.82) is 0 Å². The molecule has 0 atom stereocenters. The van der Waals surface area contributed by atoms with Gasteiger partial charge in [-0.1, -0.05) is 41.3 Å². The van der Waals surface area contributed by atoms with Crippen molar-refractivity contribution in [2.24, 2.45) is 0 Å². The Morgan fingerprint density at radius 1 is 1.18 bits per heavy atom. The number of nitrogens with one attached hydrogen (secondary N) is 1. The molecule has 6 nitrogen and oxygen atoms in total. The number of nitrogens with zero attached hydrogens (tertiary/aromatic N) is 4. The SMILES string of the molecule is COc1cccc(Nc2nnc(SCc3nc4ccccc4n3C(F)F)s2)c1. The Bertz CT molecular complexity index is 1100. The minimum Gasteiger partial charge on any atom is -0.497 e. The summed E-state index contributed by atoms with van der Waals surface area (Å²) in [6, 6.07) is 14.3. The summed E-state index contributed by atoms with van der Waals surface area (Å²) >= 11 is 2.67. The molecule has 2 heterocycles. The van der Waals surface area contributed by atoms with Crippen LogP contribution >= 0.6 is 23.1 Å². The molecule has 0 radical (unpaired) electrons. The highest BCUT2D eigenvalue weighted by atomic mass is 32.2. The zero-order valence-corrected chi connectivity index (χ0v) is 16.3. The summed E-state index contributed by atoms with van der Waals surface area (Å²) in [5.41, 5.74) is 1.80. The Labute approximate surface area is 167 Å². The van der Waals surface area contributed by atoms with Crippen LogP contribution in [0.15, 0.2) is 52.9 Å². The maximum Gasteiger partial charge on any atom is 0.320 e. The fourth-order valence-electron chi connectivity index (χ4n) is 2.68. The summed E-state index contributed by atoms with van der Waals surface area (Å²) < 4.78 is 33.8. The van der Waals surface area contributed by atoms with Crippen molar-refractivity contribution in [2.45, 2.75) is 16.6 Å². The summed E-state index contributed by atoms with van der Waals surface area (Å²) in [6.45, 7) is -2.65. The summed E-state index contributed by atoms with van der Waals surface area (Å²) in [7, 11) is 1.60. The number of imidazole rings is 1. The first kappa shape index (κ1) is 18.6. The predicted octanol–water partition coefficient (Wildman–Crippen LogP) is 5.33. The second kappa shape index (κ2) is 8.11. The van der Waals surface area contributed by atoms with Gasteiger partial charge in [0.15, 0.2) is 4.34 Å². The topological polar surface area (TPSA) is 64.9 Å². The van der Waals surface area contributed by atoms with E-state index in [2.05, 4.69) is 20.5 Å². The van der Waals surface area contributed by atoms with E-state index in [0.717, 1.165) is 16.0 Å². The number of hydrogen-bond acceptors (Lipinski definition) is 7. The second-order valence-electron chi connectivity index (χ2n) is 5.68. The lowest BCUT2D eigenvalue weighted by molar-refractivity contribution is 0.0722. The average Bonchev–Trinajstić information content (AvgIpc) is 3.30. The number of methoxy groups -OCH3 is 1. The van der Waals surface area contributed by atoms with Crippen molar-refractivity contribution >= 4 is 45.0 Å². The van der Waals surface area contributed by atoms with Crippen LogP contribution < -0.4 is 10.1 Å². The van der Waals surface area contributed by atoms with Crippen molar-refractivity contribution in [1.82, 2.24) is 19.7 Å². The molecule has 2 aromatic heterocycles. The molecule has 2 aromatic carbocycles. The van der Waals surface area contributed by atoms with E-state index < -0.39 is 6.55 Å². The van der Waals surface area contributed by atoms with Gasteiger partial charge in [-0.2, -0.15) is 8.78 Å². The summed E-state index contributed by atoms with van der Waals surface area (Å²) in [5.74, 6) is 1.31. The number of rotatable bonds is 7. The zero-order chi connectivity index (χ0) is 19.5. The third-order valence-electron chi connectivity index (χ3n) is 3.92. The van der Waals surface area contributed by atoms with Crippen LogP contribution in [0.3, 0.4) is 0 Å². The molecular formula is C18H15F2N5OS2. The molecule has 1 N–H and O–H groups in total. The molecule has 0 saturated carbocycles. The van der Waals surface area contributed by atoms with Gasteiger partial charge in [0.05, 0.1) is 23.9 Å². The molecule has 28 heavy (non-hydrogen) atoms. The van der Waals surface area contributed by atoms with Gasteiger partial charge in [0.1, 0.15) is 11.6 Å². The van der Waals surface area contributed by atoms with E-state index in [1.54, 1.807) is 31.4 Å². The van der Waals surface area contributed by atoms with Gasteiger partial charge in [-0.15, -0.1) is 10.2 Å². The van der Waals surface area contributed by atoms with Gasteiger partial charge >= 0.3 is 6.55 Å². The Balaban J connectivity index is 1.48. The van der Waals surface area contributed by atoms with Crippen molar-refractivity contribution in [3.8, 4) is 5.75 Å². The number of anilines is 2. The predicted molar refractivity (Wildman–Crippen MR) is 107 cm³/mol. The van der Waals surface area contributed by atoms with E-state index >= 15 is 0 Å². The number of para-hydroxylation sites is 2. The standard InChI is InChI=1S/C18H15F2N5OS2/c1-26-12-6-4-5-11(9-12)21-17-23-24-18(28-17)27-10-15-22-13-7-2-3-8-14(13)25(15)16(19)20/h2-9,16H,10H2,1H3,(H,21,23). The highest BCUT2D eigenvalue weighted by Crippen LogP contribution is 2.32. The van der Waals surface area contributed by atoms with Gasteiger partial charge in [-0.05, 0) is 24.3 Å². The van der Waals surface area contributed by atoms with Crippen molar-refractivity contribution in [2.75, 3.05) is 12.4 Å². The Morgan fingerprint density at radius 2 is 2.04 bits per heavy atom. The smallest absolute Gasteiger partial charge is 0.320 e. The molecule has 0 spiro atoms. The van der Waals surface area contributed by atoms with Gasteiger partial charge < -0.3 is 10.1 Å². The van der Waals surface area contributed by atoms with Crippen molar-refractivity contribution < 1.29 is 13.5 Å². The zero-order valence-electron chi connectivity index (χ0n) is 14.7. The maximum absolute atomic E-state index is 13.5. The number of halogens is 2. The number of benzene rings is 2. The summed E-state index contributed by atoms with van der Waals surface area (Å²) in [6.07, 6.45) is 0. The molecule has 4 aromatic rings. The first-order valence-corrected chi connectivity index (χ1v) is 10.1.